The Morgan fingerprint density at radius 2 is 2.08 bits per heavy atom. The monoisotopic (exact) mass is 367 g/mol. The molecule has 0 atom stereocenters. The molecule has 2 aromatic carbocycles. The Balaban J connectivity index is 1.50. The van der Waals surface area contributed by atoms with Crippen LogP contribution in [0.5, 0.6) is 0 Å². The van der Waals surface area contributed by atoms with Crippen molar-refractivity contribution in [2.45, 2.75) is 26.3 Å². The molecule has 2 N–H and O–H groups in total. The van der Waals surface area contributed by atoms with Crippen molar-refractivity contribution < 1.29 is 4.42 Å². The Morgan fingerprint density at radius 3 is 2.85 bits per heavy atom. The van der Waals surface area contributed by atoms with Crippen LogP contribution in [0.3, 0.4) is 0 Å². The Bertz CT molecular complexity index is 1030. The summed E-state index contributed by atoms with van der Waals surface area (Å²) in [7, 11) is 0. The van der Waals surface area contributed by atoms with E-state index in [2.05, 4.69) is 51.1 Å². The second-order valence-electron chi connectivity index (χ2n) is 6.13. The molecule has 0 radical (unpaired) electrons. The van der Waals surface area contributed by atoms with E-state index >= 15 is 0 Å². The number of fused-ring (bicyclic) bond motifs is 1. The van der Waals surface area contributed by atoms with Crippen molar-refractivity contribution in [1.29, 1.82) is 0 Å². The minimum atomic E-state index is 0.447. The number of benzene rings is 2. The van der Waals surface area contributed by atoms with Crippen LogP contribution >= 0.6 is 11.6 Å². The van der Waals surface area contributed by atoms with Gasteiger partial charge >= 0.3 is 0 Å². The topological polar surface area (TPSA) is 79.6 Å². The molecule has 132 valence electrons. The Kier molecular flexibility index (Phi) is 4.58. The van der Waals surface area contributed by atoms with Crippen LogP contribution in [0.4, 0.5) is 5.69 Å². The van der Waals surface area contributed by atoms with Crippen LogP contribution in [-0.2, 0) is 13.0 Å². The van der Waals surface area contributed by atoms with E-state index in [9.17, 15) is 0 Å². The van der Waals surface area contributed by atoms with Crippen LogP contribution < -0.4 is 5.32 Å². The molecule has 0 bridgehead atoms. The Morgan fingerprint density at radius 1 is 1.15 bits per heavy atom. The maximum atomic E-state index is 6.35. The molecule has 0 amide bonds. The number of aromatic amines is 1. The number of tetrazole rings is 1. The number of furan rings is 1. The van der Waals surface area contributed by atoms with E-state index in [0.717, 1.165) is 40.1 Å². The van der Waals surface area contributed by atoms with E-state index in [1.165, 1.54) is 5.56 Å². The van der Waals surface area contributed by atoms with Gasteiger partial charge in [0.15, 0.2) is 5.76 Å². The fourth-order valence-corrected chi connectivity index (χ4v) is 3.19. The molecule has 2 aromatic heterocycles. The lowest BCUT2D eigenvalue weighted by molar-refractivity contribution is 0.625. The van der Waals surface area contributed by atoms with E-state index < -0.39 is 0 Å². The standard InChI is InChI=1S/C19H18ClN5O/c1-2-3-13-5-6-15(10-16(13)20)21-11-12-4-7-17-14(8-12)9-18(26-17)19-22-24-25-23-19/h4-10,21H,2-3,11H2,1H3,(H,22,23,24,25). The summed E-state index contributed by atoms with van der Waals surface area (Å²) in [6, 6.07) is 14.1. The van der Waals surface area contributed by atoms with E-state index in [-0.39, 0.29) is 0 Å². The average Bonchev–Trinajstić information content (AvgIpc) is 3.31. The van der Waals surface area contributed by atoms with Gasteiger partial charge in [-0.2, -0.15) is 5.21 Å². The zero-order valence-corrected chi connectivity index (χ0v) is 15.0. The SMILES string of the molecule is CCCc1ccc(NCc2ccc3oc(-c4nn[nH]n4)cc3c2)cc1Cl. The highest BCUT2D eigenvalue weighted by molar-refractivity contribution is 6.31. The smallest absolute Gasteiger partial charge is 0.239 e. The molecule has 0 saturated carbocycles. The second kappa shape index (κ2) is 7.17. The maximum absolute atomic E-state index is 6.35. The van der Waals surface area contributed by atoms with Gasteiger partial charge in [0.25, 0.3) is 0 Å². The van der Waals surface area contributed by atoms with Gasteiger partial charge in [-0.3, -0.25) is 0 Å². The third-order valence-electron chi connectivity index (χ3n) is 4.22. The van der Waals surface area contributed by atoms with Gasteiger partial charge in [0.05, 0.1) is 0 Å². The average molecular weight is 368 g/mol. The van der Waals surface area contributed by atoms with E-state index in [0.29, 0.717) is 18.1 Å². The lowest BCUT2D eigenvalue weighted by Gasteiger charge is -2.09. The number of nitrogens with one attached hydrogen (secondary N) is 2. The second-order valence-corrected chi connectivity index (χ2v) is 6.54. The number of anilines is 1. The minimum absolute atomic E-state index is 0.447. The fraction of sp³-hybridized carbons (Fsp3) is 0.211. The van der Waals surface area contributed by atoms with Crippen molar-refractivity contribution in [2.75, 3.05) is 5.32 Å². The summed E-state index contributed by atoms with van der Waals surface area (Å²) in [6.07, 6.45) is 2.09. The number of aryl methyl sites for hydroxylation is 1. The molecular formula is C19H18ClN5O. The van der Waals surface area contributed by atoms with Crippen molar-refractivity contribution in [3.8, 4) is 11.6 Å². The van der Waals surface area contributed by atoms with Gasteiger partial charge in [0, 0.05) is 22.6 Å². The van der Waals surface area contributed by atoms with Crippen molar-refractivity contribution in [3.05, 3.63) is 58.6 Å². The first kappa shape index (κ1) is 16.6. The van der Waals surface area contributed by atoms with Crippen LogP contribution in [0.2, 0.25) is 5.02 Å². The zero-order chi connectivity index (χ0) is 17.9. The number of hydrogen-bond donors (Lipinski definition) is 2. The molecule has 2 heterocycles. The number of H-pyrrole nitrogens is 1. The highest BCUT2D eigenvalue weighted by atomic mass is 35.5. The maximum Gasteiger partial charge on any atom is 0.239 e. The number of nitrogens with zero attached hydrogens (tertiary/aromatic N) is 3. The number of halogens is 1. The fourth-order valence-electron chi connectivity index (χ4n) is 2.91. The summed E-state index contributed by atoms with van der Waals surface area (Å²) in [5, 5.41) is 19.1. The van der Waals surface area contributed by atoms with Gasteiger partial charge in [-0.05, 0) is 53.1 Å². The van der Waals surface area contributed by atoms with Crippen molar-refractivity contribution in [3.63, 3.8) is 0 Å². The molecule has 0 spiro atoms. The molecule has 0 aliphatic heterocycles. The van der Waals surface area contributed by atoms with Crippen molar-refractivity contribution in [1.82, 2.24) is 20.6 Å². The highest BCUT2D eigenvalue weighted by Gasteiger charge is 2.10. The van der Waals surface area contributed by atoms with Crippen LogP contribution in [0.1, 0.15) is 24.5 Å². The van der Waals surface area contributed by atoms with Crippen LogP contribution in [-0.4, -0.2) is 20.6 Å². The van der Waals surface area contributed by atoms with E-state index in [1.54, 1.807) is 0 Å². The number of rotatable bonds is 6. The number of hydrogen-bond acceptors (Lipinski definition) is 5. The molecule has 7 heteroatoms. The van der Waals surface area contributed by atoms with Crippen LogP contribution in [0.25, 0.3) is 22.6 Å². The molecular weight excluding hydrogens is 350 g/mol. The summed E-state index contributed by atoms with van der Waals surface area (Å²) >= 11 is 6.35. The molecule has 4 aromatic rings. The molecule has 6 nitrogen and oxygen atoms in total. The highest BCUT2D eigenvalue weighted by Crippen LogP contribution is 2.27. The van der Waals surface area contributed by atoms with Gasteiger partial charge in [-0.1, -0.05) is 37.1 Å². The predicted molar refractivity (Wildman–Crippen MR) is 102 cm³/mol. The van der Waals surface area contributed by atoms with Gasteiger partial charge in [-0.25, -0.2) is 0 Å². The van der Waals surface area contributed by atoms with E-state index in [4.69, 9.17) is 16.0 Å². The Labute approximate surface area is 155 Å². The summed E-state index contributed by atoms with van der Waals surface area (Å²) in [4.78, 5) is 0. The van der Waals surface area contributed by atoms with E-state index in [1.807, 2.05) is 24.3 Å². The number of aromatic nitrogens is 4. The molecule has 4 rings (SSSR count). The third-order valence-corrected chi connectivity index (χ3v) is 4.57. The predicted octanol–water partition coefficient (Wildman–Crippen LogP) is 4.83. The quantitative estimate of drug-likeness (QED) is 0.510. The molecule has 0 saturated heterocycles. The molecule has 0 aliphatic rings. The minimum Gasteiger partial charge on any atom is -0.453 e. The summed E-state index contributed by atoms with van der Waals surface area (Å²) in [5.41, 5.74) is 4.13. The normalized spacial score (nSPS) is 11.2. The molecule has 0 aliphatic carbocycles. The molecule has 0 unspecified atom stereocenters. The van der Waals surface area contributed by atoms with Gasteiger partial charge in [-0.15, -0.1) is 10.2 Å². The van der Waals surface area contributed by atoms with Crippen molar-refractivity contribution >= 4 is 28.3 Å². The van der Waals surface area contributed by atoms with Crippen molar-refractivity contribution in [2.24, 2.45) is 0 Å². The largest absolute Gasteiger partial charge is 0.453 e. The zero-order valence-electron chi connectivity index (χ0n) is 14.3. The first-order chi connectivity index (χ1) is 12.7. The van der Waals surface area contributed by atoms with Gasteiger partial charge in [0.1, 0.15) is 5.58 Å². The van der Waals surface area contributed by atoms with Gasteiger partial charge < -0.3 is 9.73 Å². The summed E-state index contributed by atoms with van der Waals surface area (Å²) < 4.78 is 5.76. The first-order valence-corrected chi connectivity index (χ1v) is 8.89. The van der Waals surface area contributed by atoms with Crippen LogP contribution in [0, 0.1) is 0 Å². The first-order valence-electron chi connectivity index (χ1n) is 8.51. The summed E-state index contributed by atoms with van der Waals surface area (Å²) in [6.45, 7) is 2.85. The molecule has 0 fully saturated rings. The molecule has 26 heavy (non-hydrogen) atoms. The van der Waals surface area contributed by atoms with Crippen LogP contribution in [0.15, 0.2) is 46.9 Å². The Hall–Kier alpha value is -2.86. The lowest BCUT2D eigenvalue weighted by atomic mass is 10.1. The lowest BCUT2D eigenvalue weighted by Crippen LogP contribution is -1.99. The third kappa shape index (κ3) is 3.41. The summed E-state index contributed by atoms with van der Waals surface area (Å²) in [5.74, 6) is 1.04. The van der Waals surface area contributed by atoms with Gasteiger partial charge in [0.2, 0.25) is 5.82 Å².